The maximum atomic E-state index is 11.9. The Morgan fingerprint density at radius 1 is 1.56 bits per heavy atom. The molecular weight excluding hydrogens is 292 g/mol. The molecule has 0 radical (unpaired) electrons. The summed E-state index contributed by atoms with van der Waals surface area (Å²) >= 11 is 3.32. The lowest BCUT2D eigenvalue weighted by Gasteiger charge is -2.14. The number of hydrogen-bond acceptors (Lipinski definition) is 2. The molecule has 1 heterocycles. The smallest absolute Gasteiger partial charge is 0.228 e. The number of allylic oxidation sites excluding steroid dienone is 3. The minimum atomic E-state index is 0.00338. The number of aromatic nitrogens is 1. The zero-order chi connectivity index (χ0) is 13.0. The fourth-order valence-corrected chi connectivity index (χ4v) is 2.32. The zero-order valence-electron chi connectivity index (χ0n) is 10.2. The molecule has 1 N–H and O–H groups in total. The third-order valence-electron chi connectivity index (χ3n) is 2.73. The Hall–Kier alpha value is -1.42. The van der Waals surface area contributed by atoms with Crippen LogP contribution in [-0.2, 0) is 4.79 Å². The van der Waals surface area contributed by atoms with Crippen molar-refractivity contribution in [3.8, 4) is 0 Å². The van der Waals surface area contributed by atoms with E-state index in [-0.39, 0.29) is 5.91 Å². The zero-order valence-corrected chi connectivity index (χ0v) is 11.8. The van der Waals surface area contributed by atoms with E-state index in [1.54, 1.807) is 12.4 Å². The van der Waals surface area contributed by atoms with E-state index in [9.17, 15) is 4.79 Å². The van der Waals surface area contributed by atoms with Crippen LogP contribution in [-0.4, -0.2) is 10.9 Å². The summed E-state index contributed by atoms with van der Waals surface area (Å²) in [7, 11) is 0. The van der Waals surface area contributed by atoms with Gasteiger partial charge < -0.3 is 5.32 Å². The summed E-state index contributed by atoms with van der Waals surface area (Å²) in [4.78, 5) is 15.9. The molecule has 0 saturated heterocycles. The lowest BCUT2D eigenvalue weighted by atomic mass is 9.94. The quantitative estimate of drug-likeness (QED) is 0.925. The van der Waals surface area contributed by atoms with Crippen molar-refractivity contribution in [3.05, 3.63) is 46.7 Å². The van der Waals surface area contributed by atoms with Crippen molar-refractivity contribution >= 4 is 27.5 Å². The molecule has 0 bridgehead atoms. The van der Waals surface area contributed by atoms with Crippen molar-refractivity contribution in [2.75, 3.05) is 5.32 Å². The van der Waals surface area contributed by atoms with Crippen LogP contribution in [0.2, 0.25) is 0 Å². The maximum Gasteiger partial charge on any atom is 0.228 e. The molecule has 0 spiro atoms. The number of rotatable bonds is 3. The first kappa shape index (κ1) is 13.0. The predicted molar refractivity (Wildman–Crippen MR) is 76.2 cm³/mol. The Morgan fingerprint density at radius 3 is 3.11 bits per heavy atom. The number of pyridine rings is 1. The standard InChI is InChI=1S/C14H15BrN2O/c1-10-3-2-4-11(5-10)6-14(18)17-13-7-12(15)8-16-9-13/h2-4,7-10H,5-6H2,1H3,(H,17,18). The lowest BCUT2D eigenvalue weighted by molar-refractivity contribution is -0.115. The van der Waals surface area contributed by atoms with Crippen molar-refractivity contribution in [1.82, 2.24) is 4.98 Å². The summed E-state index contributed by atoms with van der Waals surface area (Å²) in [6.45, 7) is 2.15. The molecule has 0 aliphatic heterocycles. The molecule has 1 aliphatic carbocycles. The van der Waals surface area contributed by atoms with E-state index in [1.807, 2.05) is 18.2 Å². The number of nitrogens with one attached hydrogen (secondary N) is 1. The summed E-state index contributed by atoms with van der Waals surface area (Å²) in [5.41, 5.74) is 1.89. The number of carbonyl (C=O) groups excluding carboxylic acids is 1. The van der Waals surface area contributed by atoms with Gasteiger partial charge in [0.25, 0.3) is 0 Å². The van der Waals surface area contributed by atoms with Gasteiger partial charge in [-0.05, 0) is 34.3 Å². The highest BCUT2D eigenvalue weighted by molar-refractivity contribution is 9.10. The van der Waals surface area contributed by atoms with Crippen LogP contribution in [0.3, 0.4) is 0 Å². The molecule has 1 aliphatic rings. The van der Waals surface area contributed by atoms with Crippen molar-refractivity contribution in [2.45, 2.75) is 19.8 Å². The fourth-order valence-electron chi connectivity index (χ4n) is 1.95. The Balaban J connectivity index is 1.93. The molecule has 1 aromatic rings. The third kappa shape index (κ3) is 3.81. The summed E-state index contributed by atoms with van der Waals surface area (Å²) < 4.78 is 0.855. The number of hydrogen-bond donors (Lipinski definition) is 1. The second kappa shape index (κ2) is 5.96. The van der Waals surface area contributed by atoms with Gasteiger partial charge in [0.1, 0.15) is 0 Å². The first-order chi connectivity index (χ1) is 8.63. The van der Waals surface area contributed by atoms with Gasteiger partial charge in [-0.1, -0.05) is 30.7 Å². The number of nitrogens with zero attached hydrogens (tertiary/aromatic N) is 1. The molecule has 1 atom stereocenters. The van der Waals surface area contributed by atoms with Crippen LogP contribution >= 0.6 is 15.9 Å². The van der Waals surface area contributed by atoms with Crippen LogP contribution in [0, 0.1) is 5.92 Å². The number of carbonyl (C=O) groups is 1. The number of anilines is 1. The van der Waals surface area contributed by atoms with E-state index in [4.69, 9.17) is 0 Å². The Bertz CT molecular complexity index is 508. The van der Waals surface area contributed by atoms with Crippen molar-refractivity contribution < 1.29 is 4.79 Å². The van der Waals surface area contributed by atoms with E-state index in [0.717, 1.165) is 16.6 Å². The van der Waals surface area contributed by atoms with Gasteiger partial charge >= 0.3 is 0 Å². The van der Waals surface area contributed by atoms with Gasteiger partial charge in [-0.15, -0.1) is 0 Å². The van der Waals surface area contributed by atoms with Gasteiger partial charge in [0.2, 0.25) is 5.91 Å². The van der Waals surface area contributed by atoms with E-state index >= 15 is 0 Å². The first-order valence-electron chi connectivity index (χ1n) is 5.90. The number of halogens is 1. The Labute approximate surface area is 115 Å². The average molecular weight is 307 g/mol. The summed E-state index contributed by atoms with van der Waals surface area (Å²) in [5.74, 6) is 0.522. The molecular formula is C14H15BrN2O. The van der Waals surface area contributed by atoms with Crippen molar-refractivity contribution in [2.24, 2.45) is 5.92 Å². The largest absolute Gasteiger partial charge is 0.324 e. The van der Waals surface area contributed by atoms with E-state index in [1.165, 1.54) is 5.57 Å². The Kier molecular flexibility index (Phi) is 4.31. The van der Waals surface area contributed by atoms with Gasteiger partial charge in [-0.3, -0.25) is 9.78 Å². The number of amides is 1. The molecule has 0 saturated carbocycles. The second-order valence-corrected chi connectivity index (χ2v) is 5.42. The van der Waals surface area contributed by atoms with Crippen molar-refractivity contribution in [1.29, 1.82) is 0 Å². The molecule has 0 fully saturated rings. The third-order valence-corrected chi connectivity index (χ3v) is 3.17. The first-order valence-corrected chi connectivity index (χ1v) is 6.69. The topological polar surface area (TPSA) is 42.0 Å². The molecule has 3 nitrogen and oxygen atoms in total. The predicted octanol–water partition coefficient (Wildman–Crippen LogP) is 3.70. The SMILES string of the molecule is CC1C=CC=C(CC(=O)Nc2cncc(Br)c2)C1. The van der Waals surface area contributed by atoms with Crippen LogP contribution in [0.15, 0.2) is 46.7 Å². The molecule has 4 heteroatoms. The van der Waals surface area contributed by atoms with E-state index in [0.29, 0.717) is 12.3 Å². The van der Waals surface area contributed by atoms with E-state index in [2.05, 4.69) is 39.2 Å². The Morgan fingerprint density at radius 2 is 2.39 bits per heavy atom. The highest BCUT2D eigenvalue weighted by Crippen LogP contribution is 2.21. The molecule has 94 valence electrons. The summed E-state index contributed by atoms with van der Waals surface area (Å²) in [6, 6.07) is 1.84. The summed E-state index contributed by atoms with van der Waals surface area (Å²) in [5, 5.41) is 2.85. The minimum absolute atomic E-state index is 0.00338. The molecule has 18 heavy (non-hydrogen) atoms. The van der Waals surface area contributed by atoms with Crippen LogP contribution < -0.4 is 5.32 Å². The average Bonchev–Trinajstić information content (AvgIpc) is 2.28. The molecule has 1 aromatic heterocycles. The summed E-state index contributed by atoms with van der Waals surface area (Å²) in [6.07, 6.45) is 10.9. The van der Waals surface area contributed by atoms with Crippen LogP contribution in [0.5, 0.6) is 0 Å². The van der Waals surface area contributed by atoms with E-state index < -0.39 is 0 Å². The molecule has 0 aromatic carbocycles. The van der Waals surface area contributed by atoms with Gasteiger partial charge in [0.15, 0.2) is 0 Å². The normalized spacial score (nSPS) is 18.3. The van der Waals surface area contributed by atoms with Crippen molar-refractivity contribution in [3.63, 3.8) is 0 Å². The molecule has 2 rings (SSSR count). The fraction of sp³-hybridized carbons (Fsp3) is 0.286. The van der Waals surface area contributed by atoms with Gasteiger partial charge in [-0.2, -0.15) is 0 Å². The minimum Gasteiger partial charge on any atom is -0.324 e. The van der Waals surface area contributed by atoms with Gasteiger partial charge in [0.05, 0.1) is 11.9 Å². The highest BCUT2D eigenvalue weighted by atomic mass is 79.9. The van der Waals surface area contributed by atoms with Gasteiger partial charge in [-0.25, -0.2) is 0 Å². The van der Waals surface area contributed by atoms with Crippen LogP contribution in [0.4, 0.5) is 5.69 Å². The molecule has 1 unspecified atom stereocenters. The lowest BCUT2D eigenvalue weighted by Crippen LogP contribution is -2.13. The second-order valence-electron chi connectivity index (χ2n) is 4.51. The van der Waals surface area contributed by atoms with Crippen LogP contribution in [0.1, 0.15) is 19.8 Å². The molecule has 1 amide bonds. The monoisotopic (exact) mass is 306 g/mol. The van der Waals surface area contributed by atoms with Gasteiger partial charge in [0, 0.05) is 17.1 Å². The van der Waals surface area contributed by atoms with Crippen LogP contribution in [0.25, 0.3) is 0 Å². The highest BCUT2D eigenvalue weighted by Gasteiger charge is 2.11. The maximum absolute atomic E-state index is 11.9.